The molecule has 2 aliphatic heterocycles. The van der Waals surface area contributed by atoms with E-state index in [1.165, 1.54) is 0 Å². The summed E-state index contributed by atoms with van der Waals surface area (Å²) < 4.78 is 5.44. The van der Waals surface area contributed by atoms with Crippen molar-refractivity contribution in [3.63, 3.8) is 0 Å². The molecule has 2 rings (SSSR count). The van der Waals surface area contributed by atoms with Crippen molar-refractivity contribution in [2.24, 2.45) is 0 Å². The maximum Gasteiger partial charge on any atom is 0.326 e. The molecule has 0 radical (unpaired) electrons. The van der Waals surface area contributed by atoms with E-state index in [9.17, 15) is 9.90 Å². The van der Waals surface area contributed by atoms with Crippen LogP contribution in [-0.4, -0.2) is 60.4 Å². The summed E-state index contributed by atoms with van der Waals surface area (Å²) in [7, 11) is 0. The molecule has 86 valence electrons. The van der Waals surface area contributed by atoms with Gasteiger partial charge in [0.25, 0.3) is 0 Å². The molecule has 0 amide bonds. The van der Waals surface area contributed by atoms with Gasteiger partial charge in [-0.3, -0.25) is 9.69 Å². The Balaban J connectivity index is 2.21. The Labute approximate surface area is 89.4 Å². The van der Waals surface area contributed by atoms with Crippen molar-refractivity contribution < 1.29 is 14.6 Å². The molecule has 0 aliphatic carbocycles. The normalized spacial score (nSPS) is 38.1. The molecule has 0 aromatic heterocycles. The quantitative estimate of drug-likeness (QED) is 0.650. The Bertz CT molecular complexity index is 253. The maximum absolute atomic E-state index is 11.5. The zero-order valence-corrected chi connectivity index (χ0v) is 9.03. The number of aliphatic carboxylic acids is 1. The zero-order valence-electron chi connectivity index (χ0n) is 9.03. The van der Waals surface area contributed by atoms with Gasteiger partial charge in [-0.25, -0.2) is 0 Å². The van der Waals surface area contributed by atoms with Gasteiger partial charge < -0.3 is 15.2 Å². The molecule has 0 aromatic carbocycles. The van der Waals surface area contributed by atoms with Gasteiger partial charge in [0.15, 0.2) is 0 Å². The molecule has 2 aliphatic rings. The molecule has 2 heterocycles. The predicted molar refractivity (Wildman–Crippen MR) is 54.8 cm³/mol. The fourth-order valence-corrected chi connectivity index (χ4v) is 2.63. The highest BCUT2D eigenvalue weighted by Gasteiger charge is 2.52. The number of piperazine rings is 1. The van der Waals surface area contributed by atoms with E-state index in [2.05, 4.69) is 10.2 Å². The van der Waals surface area contributed by atoms with E-state index in [1.807, 2.05) is 6.92 Å². The fourth-order valence-electron chi connectivity index (χ4n) is 2.63. The lowest BCUT2D eigenvalue weighted by molar-refractivity contribution is -0.155. The molecule has 0 spiro atoms. The number of rotatable bonds is 2. The van der Waals surface area contributed by atoms with E-state index in [0.717, 1.165) is 26.2 Å². The molecule has 2 unspecified atom stereocenters. The third-order valence-electron chi connectivity index (χ3n) is 3.58. The van der Waals surface area contributed by atoms with E-state index in [4.69, 9.17) is 4.74 Å². The van der Waals surface area contributed by atoms with Crippen LogP contribution in [0.4, 0.5) is 0 Å². The SMILES string of the molecule is CC1OCCC1(C(=O)O)N1CCNCC1. The lowest BCUT2D eigenvalue weighted by atomic mass is 9.89. The van der Waals surface area contributed by atoms with Crippen LogP contribution in [0.3, 0.4) is 0 Å². The Morgan fingerprint density at radius 2 is 2.20 bits per heavy atom. The van der Waals surface area contributed by atoms with E-state index in [0.29, 0.717) is 13.0 Å². The third kappa shape index (κ3) is 1.64. The molecule has 2 atom stereocenters. The van der Waals surface area contributed by atoms with Crippen LogP contribution in [0.15, 0.2) is 0 Å². The zero-order chi connectivity index (χ0) is 10.9. The lowest BCUT2D eigenvalue weighted by Crippen LogP contribution is -2.63. The van der Waals surface area contributed by atoms with Crippen molar-refractivity contribution in [2.75, 3.05) is 32.8 Å². The van der Waals surface area contributed by atoms with Gasteiger partial charge in [-0.15, -0.1) is 0 Å². The van der Waals surface area contributed by atoms with Crippen LogP contribution < -0.4 is 5.32 Å². The van der Waals surface area contributed by atoms with Crippen molar-refractivity contribution >= 4 is 5.97 Å². The number of nitrogens with zero attached hydrogens (tertiary/aromatic N) is 1. The van der Waals surface area contributed by atoms with Crippen molar-refractivity contribution in [2.45, 2.75) is 25.0 Å². The molecule has 5 nitrogen and oxygen atoms in total. The number of hydrogen-bond acceptors (Lipinski definition) is 4. The molecule has 15 heavy (non-hydrogen) atoms. The second-order valence-corrected chi connectivity index (χ2v) is 4.23. The second kappa shape index (κ2) is 4.08. The minimum atomic E-state index is -0.790. The van der Waals surface area contributed by atoms with E-state index >= 15 is 0 Å². The molecule has 0 bridgehead atoms. The number of nitrogens with one attached hydrogen (secondary N) is 1. The lowest BCUT2D eigenvalue weighted by Gasteiger charge is -2.41. The first-order valence-electron chi connectivity index (χ1n) is 5.48. The first-order valence-corrected chi connectivity index (χ1v) is 5.48. The molecule has 0 saturated carbocycles. The Hall–Kier alpha value is -0.650. The van der Waals surface area contributed by atoms with Gasteiger partial charge in [0.2, 0.25) is 0 Å². The molecule has 2 saturated heterocycles. The Kier molecular flexibility index (Phi) is 2.95. The van der Waals surface area contributed by atoms with Gasteiger partial charge in [-0.1, -0.05) is 0 Å². The largest absolute Gasteiger partial charge is 0.480 e. The summed E-state index contributed by atoms with van der Waals surface area (Å²) >= 11 is 0. The molecular formula is C10H18N2O3. The summed E-state index contributed by atoms with van der Waals surface area (Å²) in [4.78, 5) is 13.6. The van der Waals surface area contributed by atoms with Gasteiger partial charge in [-0.2, -0.15) is 0 Å². The summed E-state index contributed by atoms with van der Waals surface area (Å²) in [5.74, 6) is -0.741. The van der Waals surface area contributed by atoms with Gasteiger partial charge in [-0.05, 0) is 6.92 Å². The van der Waals surface area contributed by atoms with Crippen LogP contribution in [0.2, 0.25) is 0 Å². The number of carboxylic acid groups (broad SMARTS) is 1. The van der Waals surface area contributed by atoms with Gasteiger partial charge in [0.05, 0.1) is 6.10 Å². The number of carbonyl (C=O) groups is 1. The topological polar surface area (TPSA) is 61.8 Å². The van der Waals surface area contributed by atoms with Crippen LogP contribution in [0.5, 0.6) is 0 Å². The Morgan fingerprint density at radius 3 is 2.67 bits per heavy atom. The summed E-state index contributed by atoms with van der Waals surface area (Å²) in [6, 6.07) is 0. The predicted octanol–water partition coefficient (Wildman–Crippen LogP) is -0.476. The number of carboxylic acids is 1. The fraction of sp³-hybridized carbons (Fsp3) is 0.900. The first kappa shape index (κ1) is 10.9. The van der Waals surface area contributed by atoms with Crippen LogP contribution in [0.1, 0.15) is 13.3 Å². The van der Waals surface area contributed by atoms with E-state index in [-0.39, 0.29) is 6.10 Å². The molecule has 2 N–H and O–H groups in total. The maximum atomic E-state index is 11.5. The summed E-state index contributed by atoms with van der Waals surface area (Å²) in [5.41, 5.74) is -0.790. The van der Waals surface area contributed by atoms with Gasteiger partial charge in [0.1, 0.15) is 5.54 Å². The van der Waals surface area contributed by atoms with Crippen molar-refractivity contribution in [3.8, 4) is 0 Å². The average Bonchev–Trinajstić information content (AvgIpc) is 2.62. The third-order valence-corrected chi connectivity index (χ3v) is 3.58. The smallest absolute Gasteiger partial charge is 0.326 e. The van der Waals surface area contributed by atoms with Crippen LogP contribution in [0.25, 0.3) is 0 Å². The van der Waals surface area contributed by atoms with E-state index in [1.54, 1.807) is 0 Å². The summed E-state index contributed by atoms with van der Waals surface area (Å²) in [5, 5.41) is 12.7. The second-order valence-electron chi connectivity index (χ2n) is 4.23. The van der Waals surface area contributed by atoms with Crippen molar-refractivity contribution in [1.29, 1.82) is 0 Å². The molecular weight excluding hydrogens is 196 g/mol. The van der Waals surface area contributed by atoms with Crippen LogP contribution >= 0.6 is 0 Å². The molecule has 2 fully saturated rings. The Morgan fingerprint density at radius 1 is 1.53 bits per heavy atom. The minimum absolute atomic E-state index is 0.215. The number of hydrogen-bond donors (Lipinski definition) is 2. The van der Waals surface area contributed by atoms with Crippen molar-refractivity contribution in [3.05, 3.63) is 0 Å². The summed E-state index contributed by atoms with van der Waals surface area (Å²) in [6.45, 7) is 5.73. The molecule has 0 aromatic rings. The first-order chi connectivity index (χ1) is 7.18. The van der Waals surface area contributed by atoms with Gasteiger partial charge in [0, 0.05) is 39.2 Å². The standard InChI is InChI=1S/C10H18N2O3/c1-8-10(9(13)14,2-7-15-8)12-5-3-11-4-6-12/h8,11H,2-7H2,1H3,(H,13,14). The van der Waals surface area contributed by atoms with Crippen LogP contribution in [0, 0.1) is 0 Å². The highest BCUT2D eigenvalue weighted by atomic mass is 16.5. The minimum Gasteiger partial charge on any atom is -0.480 e. The van der Waals surface area contributed by atoms with E-state index < -0.39 is 11.5 Å². The van der Waals surface area contributed by atoms with Crippen molar-refractivity contribution in [1.82, 2.24) is 10.2 Å². The number of ether oxygens (including phenoxy) is 1. The summed E-state index contributed by atoms with van der Waals surface area (Å²) in [6.07, 6.45) is 0.386. The van der Waals surface area contributed by atoms with Crippen LogP contribution in [-0.2, 0) is 9.53 Å². The van der Waals surface area contributed by atoms with Gasteiger partial charge >= 0.3 is 5.97 Å². The highest BCUT2D eigenvalue weighted by Crippen LogP contribution is 2.32. The average molecular weight is 214 g/mol. The monoisotopic (exact) mass is 214 g/mol. The highest BCUT2D eigenvalue weighted by molar-refractivity contribution is 5.80. The molecule has 5 heteroatoms.